The van der Waals surface area contributed by atoms with Gasteiger partial charge in [0.15, 0.2) is 0 Å². The van der Waals surface area contributed by atoms with Crippen LogP contribution in [0, 0.1) is 0 Å². The molecule has 0 saturated carbocycles. The first kappa shape index (κ1) is 8.16. The Morgan fingerprint density at radius 3 is 3.25 bits per heavy atom. The van der Waals surface area contributed by atoms with Crippen LogP contribution in [0.5, 0.6) is 0 Å². The van der Waals surface area contributed by atoms with Gasteiger partial charge in [0, 0.05) is 18.2 Å². The van der Waals surface area contributed by atoms with E-state index in [2.05, 4.69) is 4.98 Å². The zero-order chi connectivity index (χ0) is 8.39. The molecule has 2 atom stereocenters. The number of nitrogens with zero attached hydrogens (tertiary/aromatic N) is 1. The summed E-state index contributed by atoms with van der Waals surface area (Å²) < 4.78 is 5.48. The first-order chi connectivity index (χ1) is 5.88. The molecule has 0 aliphatic carbocycles. The fourth-order valence-electron chi connectivity index (χ4n) is 1.44. The summed E-state index contributed by atoms with van der Waals surface area (Å²) in [6.07, 6.45) is 4.18. The molecular formula is C8H12N2OS. The molecule has 2 rings (SSSR count). The van der Waals surface area contributed by atoms with Gasteiger partial charge in [-0.1, -0.05) is 0 Å². The topological polar surface area (TPSA) is 48.1 Å². The zero-order valence-electron chi connectivity index (χ0n) is 6.77. The van der Waals surface area contributed by atoms with Crippen LogP contribution in [-0.2, 0) is 4.74 Å². The fraction of sp³-hybridized carbons (Fsp3) is 0.625. The van der Waals surface area contributed by atoms with Crippen LogP contribution in [0.1, 0.15) is 23.9 Å². The minimum atomic E-state index is -0.0208. The molecule has 12 heavy (non-hydrogen) atoms. The lowest BCUT2D eigenvalue weighted by atomic mass is 10.1. The van der Waals surface area contributed by atoms with Crippen molar-refractivity contribution in [3.8, 4) is 0 Å². The van der Waals surface area contributed by atoms with Gasteiger partial charge >= 0.3 is 0 Å². The lowest BCUT2D eigenvalue weighted by molar-refractivity contribution is 0.0900. The normalized spacial score (nSPS) is 25.9. The number of ether oxygens (including phenoxy) is 1. The van der Waals surface area contributed by atoms with Crippen molar-refractivity contribution in [2.45, 2.75) is 25.0 Å². The summed E-state index contributed by atoms with van der Waals surface area (Å²) in [6.45, 7) is 0.851. The van der Waals surface area contributed by atoms with Gasteiger partial charge in [-0.15, -0.1) is 11.3 Å². The third-order valence-electron chi connectivity index (χ3n) is 2.10. The number of aromatic nitrogens is 1. The van der Waals surface area contributed by atoms with E-state index >= 15 is 0 Å². The van der Waals surface area contributed by atoms with Crippen molar-refractivity contribution >= 4 is 11.3 Å². The molecule has 1 aliphatic rings. The first-order valence-corrected chi connectivity index (χ1v) is 5.02. The molecule has 0 spiro atoms. The van der Waals surface area contributed by atoms with Gasteiger partial charge in [0.1, 0.15) is 5.01 Å². The maximum Gasteiger partial charge on any atom is 0.112 e. The Hall–Kier alpha value is -0.450. The highest BCUT2D eigenvalue weighted by atomic mass is 32.1. The molecule has 1 aromatic heterocycles. The molecule has 0 aromatic carbocycles. The molecule has 2 N–H and O–H groups in total. The van der Waals surface area contributed by atoms with E-state index < -0.39 is 0 Å². The zero-order valence-corrected chi connectivity index (χ0v) is 7.59. The van der Waals surface area contributed by atoms with Gasteiger partial charge in [-0.25, -0.2) is 4.98 Å². The minimum Gasteiger partial charge on any atom is -0.376 e. The quantitative estimate of drug-likeness (QED) is 0.754. The summed E-state index contributed by atoms with van der Waals surface area (Å²) in [7, 11) is 0. The van der Waals surface area contributed by atoms with Gasteiger partial charge in [0.2, 0.25) is 0 Å². The highest BCUT2D eigenvalue weighted by Crippen LogP contribution is 2.25. The molecular weight excluding hydrogens is 172 g/mol. The van der Waals surface area contributed by atoms with E-state index in [0.29, 0.717) is 0 Å². The van der Waals surface area contributed by atoms with Gasteiger partial charge in [-0.2, -0.15) is 0 Å². The van der Waals surface area contributed by atoms with Crippen LogP contribution < -0.4 is 5.73 Å². The van der Waals surface area contributed by atoms with Crippen LogP contribution in [0.15, 0.2) is 11.6 Å². The predicted octanol–water partition coefficient (Wildman–Crippen LogP) is 1.32. The number of hydrogen-bond donors (Lipinski definition) is 1. The van der Waals surface area contributed by atoms with E-state index in [0.717, 1.165) is 24.5 Å². The second kappa shape index (κ2) is 3.51. The molecule has 3 nitrogen and oxygen atoms in total. The van der Waals surface area contributed by atoms with Gasteiger partial charge in [0.25, 0.3) is 0 Å². The maximum absolute atomic E-state index is 5.97. The Kier molecular flexibility index (Phi) is 2.39. The predicted molar refractivity (Wildman–Crippen MR) is 48.0 cm³/mol. The number of hydrogen-bond acceptors (Lipinski definition) is 4. The van der Waals surface area contributed by atoms with E-state index in [1.54, 1.807) is 17.5 Å². The molecule has 1 saturated heterocycles. The Labute approximate surface area is 75.6 Å². The molecule has 1 aliphatic heterocycles. The van der Waals surface area contributed by atoms with Gasteiger partial charge in [-0.3, -0.25) is 0 Å². The average molecular weight is 184 g/mol. The van der Waals surface area contributed by atoms with Gasteiger partial charge in [0.05, 0.1) is 12.1 Å². The summed E-state index contributed by atoms with van der Waals surface area (Å²) in [6, 6.07) is -0.0208. The molecule has 66 valence electrons. The summed E-state index contributed by atoms with van der Waals surface area (Å²) >= 11 is 1.60. The van der Waals surface area contributed by atoms with Crippen molar-refractivity contribution in [1.82, 2.24) is 4.98 Å². The largest absolute Gasteiger partial charge is 0.376 e. The van der Waals surface area contributed by atoms with Crippen molar-refractivity contribution in [1.29, 1.82) is 0 Å². The Morgan fingerprint density at radius 2 is 2.67 bits per heavy atom. The second-order valence-electron chi connectivity index (χ2n) is 2.95. The highest BCUT2D eigenvalue weighted by Gasteiger charge is 2.25. The minimum absolute atomic E-state index is 0.0208. The Morgan fingerprint density at radius 1 is 1.75 bits per heavy atom. The standard InChI is InChI=1S/C8H12N2OS/c9-7(6-2-1-4-11-6)8-10-3-5-12-8/h3,5-7H,1-2,4,9H2. The maximum atomic E-state index is 5.97. The Bertz CT molecular complexity index is 231. The van der Waals surface area contributed by atoms with Crippen molar-refractivity contribution in [3.63, 3.8) is 0 Å². The molecule has 2 heterocycles. The monoisotopic (exact) mass is 184 g/mol. The molecule has 0 radical (unpaired) electrons. The molecule has 0 bridgehead atoms. The first-order valence-electron chi connectivity index (χ1n) is 4.14. The van der Waals surface area contributed by atoms with Crippen LogP contribution in [0.2, 0.25) is 0 Å². The Balaban J connectivity index is 2.04. The SMILES string of the molecule is NC(c1nccs1)C1CCCO1. The van der Waals surface area contributed by atoms with Gasteiger partial charge in [-0.05, 0) is 12.8 Å². The summed E-state index contributed by atoms with van der Waals surface area (Å²) in [4.78, 5) is 4.17. The number of thiazole rings is 1. The van der Waals surface area contributed by atoms with Crippen molar-refractivity contribution in [3.05, 3.63) is 16.6 Å². The number of rotatable bonds is 2. The third kappa shape index (κ3) is 1.50. The number of nitrogens with two attached hydrogens (primary N) is 1. The second-order valence-corrected chi connectivity index (χ2v) is 3.87. The molecule has 1 fully saturated rings. The smallest absolute Gasteiger partial charge is 0.112 e. The third-order valence-corrected chi connectivity index (χ3v) is 2.98. The van der Waals surface area contributed by atoms with E-state index in [9.17, 15) is 0 Å². The van der Waals surface area contributed by atoms with Crippen molar-refractivity contribution in [2.24, 2.45) is 5.73 Å². The average Bonchev–Trinajstić information content (AvgIpc) is 2.77. The fourth-order valence-corrected chi connectivity index (χ4v) is 2.14. The van der Waals surface area contributed by atoms with Crippen LogP contribution in [-0.4, -0.2) is 17.7 Å². The van der Waals surface area contributed by atoms with Crippen LogP contribution in [0.4, 0.5) is 0 Å². The van der Waals surface area contributed by atoms with E-state index in [1.807, 2.05) is 5.38 Å². The van der Waals surface area contributed by atoms with Crippen molar-refractivity contribution < 1.29 is 4.74 Å². The summed E-state index contributed by atoms with van der Waals surface area (Å²) in [5.74, 6) is 0. The summed E-state index contributed by atoms with van der Waals surface area (Å²) in [5, 5.41) is 2.94. The summed E-state index contributed by atoms with van der Waals surface area (Å²) in [5.41, 5.74) is 5.97. The van der Waals surface area contributed by atoms with E-state index in [1.165, 1.54) is 0 Å². The van der Waals surface area contributed by atoms with Gasteiger partial charge < -0.3 is 10.5 Å². The van der Waals surface area contributed by atoms with Crippen LogP contribution in [0.3, 0.4) is 0 Å². The van der Waals surface area contributed by atoms with Crippen LogP contribution >= 0.6 is 11.3 Å². The molecule has 2 unspecified atom stereocenters. The molecule has 1 aromatic rings. The van der Waals surface area contributed by atoms with E-state index in [-0.39, 0.29) is 12.1 Å². The highest BCUT2D eigenvalue weighted by molar-refractivity contribution is 7.09. The lowest BCUT2D eigenvalue weighted by Crippen LogP contribution is -2.25. The lowest BCUT2D eigenvalue weighted by Gasteiger charge is -2.15. The van der Waals surface area contributed by atoms with Crippen molar-refractivity contribution in [2.75, 3.05) is 6.61 Å². The van der Waals surface area contributed by atoms with Crippen LogP contribution in [0.25, 0.3) is 0 Å². The van der Waals surface area contributed by atoms with E-state index in [4.69, 9.17) is 10.5 Å². The molecule has 4 heteroatoms. The molecule has 0 amide bonds.